The molecular formula is C18H27N3O3S. The Morgan fingerprint density at radius 3 is 2.52 bits per heavy atom. The summed E-state index contributed by atoms with van der Waals surface area (Å²) in [7, 11) is -3.25. The first kappa shape index (κ1) is 18.2. The molecule has 138 valence electrons. The minimum absolute atomic E-state index is 0.0876. The molecule has 0 spiro atoms. The summed E-state index contributed by atoms with van der Waals surface area (Å²) in [6, 6.07) is 5.28. The van der Waals surface area contributed by atoms with E-state index in [9.17, 15) is 13.2 Å². The standard InChI is InChI=1S/C18H27N3O3S/c1-25(23,24)21-12-8-15-14-16(6-7-17(15)21)18(22)19-9-13-20-10-4-2-3-5-11-20/h6-7,14H,2-5,8-13H2,1H3,(H,19,22). The summed E-state index contributed by atoms with van der Waals surface area (Å²) in [5, 5.41) is 2.99. The molecule has 1 amide bonds. The van der Waals surface area contributed by atoms with E-state index in [1.165, 1.54) is 36.2 Å². The fourth-order valence-corrected chi connectivity index (χ4v) is 4.60. The third kappa shape index (κ3) is 4.52. The molecule has 0 atom stereocenters. The monoisotopic (exact) mass is 365 g/mol. The fraction of sp³-hybridized carbons (Fsp3) is 0.611. The molecule has 2 aliphatic heterocycles. The van der Waals surface area contributed by atoms with Gasteiger partial charge in [-0.1, -0.05) is 12.8 Å². The van der Waals surface area contributed by atoms with Crippen molar-refractivity contribution in [3.05, 3.63) is 29.3 Å². The Labute approximate surface area is 150 Å². The summed E-state index contributed by atoms with van der Waals surface area (Å²) in [4.78, 5) is 14.8. The van der Waals surface area contributed by atoms with Crippen LogP contribution in [-0.2, 0) is 16.4 Å². The van der Waals surface area contributed by atoms with Crippen LogP contribution in [0.5, 0.6) is 0 Å². The van der Waals surface area contributed by atoms with Crippen LogP contribution in [0, 0.1) is 0 Å². The number of carbonyl (C=O) groups is 1. The zero-order chi connectivity index (χ0) is 17.9. The van der Waals surface area contributed by atoms with E-state index < -0.39 is 10.0 Å². The number of benzene rings is 1. The Bertz CT molecular complexity index is 725. The lowest BCUT2D eigenvalue weighted by Crippen LogP contribution is -2.35. The molecule has 25 heavy (non-hydrogen) atoms. The molecule has 3 rings (SSSR count). The van der Waals surface area contributed by atoms with Gasteiger partial charge in [-0.25, -0.2) is 8.42 Å². The number of amides is 1. The highest BCUT2D eigenvalue weighted by molar-refractivity contribution is 7.92. The Kier molecular flexibility index (Phi) is 5.64. The van der Waals surface area contributed by atoms with Crippen molar-refractivity contribution in [2.75, 3.05) is 43.3 Å². The number of rotatable bonds is 5. The summed E-state index contributed by atoms with van der Waals surface area (Å²) in [6.45, 7) is 4.23. The smallest absolute Gasteiger partial charge is 0.251 e. The van der Waals surface area contributed by atoms with Gasteiger partial charge >= 0.3 is 0 Å². The van der Waals surface area contributed by atoms with E-state index in [0.29, 0.717) is 30.8 Å². The van der Waals surface area contributed by atoms with Crippen molar-refractivity contribution < 1.29 is 13.2 Å². The van der Waals surface area contributed by atoms with Gasteiger partial charge in [0.15, 0.2) is 0 Å². The molecule has 0 aromatic heterocycles. The molecule has 1 N–H and O–H groups in total. The summed E-state index contributed by atoms with van der Waals surface area (Å²) >= 11 is 0. The zero-order valence-electron chi connectivity index (χ0n) is 14.8. The Morgan fingerprint density at radius 1 is 1.12 bits per heavy atom. The van der Waals surface area contributed by atoms with E-state index in [2.05, 4.69) is 10.2 Å². The zero-order valence-corrected chi connectivity index (χ0v) is 15.6. The van der Waals surface area contributed by atoms with Gasteiger partial charge in [-0.05, 0) is 56.1 Å². The molecular weight excluding hydrogens is 338 g/mol. The maximum absolute atomic E-state index is 12.4. The molecule has 0 bridgehead atoms. The minimum Gasteiger partial charge on any atom is -0.351 e. The molecule has 2 aliphatic rings. The van der Waals surface area contributed by atoms with Crippen LogP contribution in [0.1, 0.15) is 41.6 Å². The molecule has 1 fully saturated rings. The van der Waals surface area contributed by atoms with Crippen LogP contribution in [0.25, 0.3) is 0 Å². The number of sulfonamides is 1. The number of likely N-dealkylation sites (tertiary alicyclic amines) is 1. The van der Waals surface area contributed by atoms with E-state index in [1.54, 1.807) is 12.1 Å². The van der Waals surface area contributed by atoms with Crippen LogP contribution >= 0.6 is 0 Å². The molecule has 0 radical (unpaired) electrons. The highest BCUT2D eigenvalue weighted by Crippen LogP contribution is 2.30. The first-order valence-corrected chi connectivity index (χ1v) is 10.9. The first-order valence-electron chi connectivity index (χ1n) is 9.06. The van der Waals surface area contributed by atoms with Gasteiger partial charge < -0.3 is 10.2 Å². The van der Waals surface area contributed by atoms with Gasteiger partial charge in [0.25, 0.3) is 5.91 Å². The van der Waals surface area contributed by atoms with Gasteiger partial charge in [0.05, 0.1) is 11.9 Å². The molecule has 0 aliphatic carbocycles. The fourth-order valence-electron chi connectivity index (χ4n) is 3.65. The number of nitrogens with one attached hydrogen (secondary N) is 1. The average Bonchev–Trinajstić information content (AvgIpc) is 2.84. The molecule has 7 heteroatoms. The number of nitrogens with zero attached hydrogens (tertiary/aromatic N) is 2. The van der Waals surface area contributed by atoms with Crippen molar-refractivity contribution in [3.8, 4) is 0 Å². The normalized spacial score (nSPS) is 18.7. The first-order chi connectivity index (χ1) is 11.9. The number of anilines is 1. The number of fused-ring (bicyclic) bond motifs is 1. The maximum Gasteiger partial charge on any atom is 0.251 e. The predicted molar refractivity (Wildman–Crippen MR) is 99.6 cm³/mol. The lowest BCUT2D eigenvalue weighted by atomic mass is 10.1. The summed E-state index contributed by atoms with van der Waals surface area (Å²) in [5.74, 6) is -0.0876. The maximum atomic E-state index is 12.4. The van der Waals surface area contributed by atoms with Crippen molar-refractivity contribution in [1.82, 2.24) is 10.2 Å². The van der Waals surface area contributed by atoms with E-state index in [-0.39, 0.29) is 5.91 Å². The van der Waals surface area contributed by atoms with E-state index in [0.717, 1.165) is 25.2 Å². The van der Waals surface area contributed by atoms with Crippen LogP contribution in [0.4, 0.5) is 5.69 Å². The predicted octanol–water partition coefficient (Wildman–Crippen LogP) is 1.61. The van der Waals surface area contributed by atoms with Crippen molar-refractivity contribution in [2.24, 2.45) is 0 Å². The Morgan fingerprint density at radius 2 is 1.84 bits per heavy atom. The highest BCUT2D eigenvalue weighted by Gasteiger charge is 2.26. The Balaban J connectivity index is 1.56. The van der Waals surface area contributed by atoms with Gasteiger partial charge in [0.2, 0.25) is 10.0 Å². The average molecular weight is 365 g/mol. The number of carbonyl (C=O) groups excluding carboxylic acids is 1. The van der Waals surface area contributed by atoms with Crippen LogP contribution in [0.3, 0.4) is 0 Å². The highest BCUT2D eigenvalue weighted by atomic mass is 32.2. The van der Waals surface area contributed by atoms with Gasteiger partial charge in [-0.3, -0.25) is 9.10 Å². The lowest BCUT2D eigenvalue weighted by Gasteiger charge is -2.20. The second kappa shape index (κ2) is 7.74. The summed E-state index contributed by atoms with van der Waals surface area (Å²) in [5.41, 5.74) is 2.22. The second-order valence-electron chi connectivity index (χ2n) is 6.94. The topological polar surface area (TPSA) is 69.7 Å². The van der Waals surface area contributed by atoms with Crippen LogP contribution in [-0.4, -0.2) is 58.2 Å². The summed E-state index contributed by atoms with van der Waals surface area (Å²) in [6.07, 6.45) is 6.97. The van der Waals surface area contributed by atoms with Crippen LogP contribution < -0.4 is 9.62 Å². The quantitative estimate of drug-likeness (QED) is 0.861. The third-order valence-electron chi connectivity index (χ3n) is 5.01. The van der Waals surface area contributed by atoms with E-state index in [1.807, 2.05) is 6.07 Å². The van der Waals surface area contributed by atoms with Gasteiger partial charge in [-0.2, -0.15) is 0 Å². The van der Waals surface area contributed by atoms with Gasteiger partial charge in [0, 0.05) is 25.2 Å². The Hall–Kier alpha value is -1.60. The molecule has 0 unspecified atom stereocenters. The molecule has 1 aromatic carbocycles. The largest absolute Gasteiger partial charge is 0.351 e. The molecule has 2 heterocycles. The third-order valence-corrected chi connectivity index (χ3v) is 6.19. The van der Waals surface area contributed by atoms with Crippen molar-refractivity contribution in [2.45, 2.75) is 32.1 Å². The second-order valence-corrected chi connectivity index (χ2v) is 8.85. The lowest BCUT2D eigenvalue weighted by molar-refractivity contribution is 0.0948. The van der Waals surface area contributed by atoms with Gasteiger partial charge in [0.1, 0.15) is 0 Å². The van der Waals surface area contributed by atoms with Gasteiger partial charge in [-0.15, -0.1) is 0 Å². The van der Waals surface area contributed by atoms with Crippen molar-refractivity contribution in [3.63, 3.8) is 0 Å². The van der Waals surface area contributed by atoms with Crippen LogP contribution in [0.2, 0.25) is 0 Å². The number of hydrogen-bond acceptors (Lipinski definition) is 4. The molecule has 1 aromatic rings. The SMILES string of the molecule is CS(=O)(=O)N1CCc2cc(C(=O)NCCN3CCCCCC3)ccc21. The van der Waals surface area contributed by atoms with Crippen molar-refractivity contribution in [1.29, 1.82) is 0 Å². The molecule has 0 saturated carbocycles. The molecule has 1 saturated heterocycles. The van der Waals surface area contributed by atoms with Crippen molar-refractivity contribution >= 4 is 21.6 Å². The van der Waals surface area contributed by atoms with E-state index in [4.69, 9.17) is 0 Å². The minimum atomic E-state index is -3.25. The van der Waals surface area contributed by atoms with Crippen LogP contribution in [0.15, 0.2) is 18.2 Å². The van der Waals surface area contributed by atoms with E-state index >= 15 is 0 Å². The summed E-state index contributed by atoms with van der Waals surface area (Å²) < 4.78 is 25.0. The number of hydrogen-bond donors (Lipinski definition) is 1. The molecule has 6 nitrogen and oxygen atoms in total.